The third-order valence-corrected chi connectivity index (χ3v) is 0. The lowest BCUT2D eigenvalue weighted by Crippen LogP contribution is -1.92. The molecule has 0 aliphatic rings. The molecule has 7 heteroatoms. The minimum atomic E-state index is -4.64. The quantitative estimate of drug-likeness (QED) is 0.198. The predicted molar refractivity (Wildman–Crippen MR) is 25.5 cm³/mol. The van der Waals surface area contributed by atoms with Crippen molar-refractivity contribution in [1.82, 2.24) is 0 Å². The molecule has 0 aliphatic carbocycles. The number of aliphatic hydroxyl groups is 1. The molecule has 0 saturated heterocycles. The summed E-state index contributed by atoms with van der Waals surface area (Å²) >= 11 is 0. The van der Waals surface area contributed by atoms with Gasteiger partial charge in [0.15, 0.2) is 0 Å². The maximum Gasteiger partial charge on any atom is 0.466 e. The second-order valence-corrected chi connectivity index (χ2v) is 1.72. The molecule has 0 aromatic carbocycles. The van der Waals surface area contributed by atoms with Gasteiger partial charge in [0.2, 0.25) is 0 Å². The van der Waals surface area contributed by atoms with E-state index in [1.807, 2.05) is 0 Å². The summed E-state index contributed by atoms with van der Waals surface area (Å²) in [5.74, 6) is 0. The predicted octanol–water partition coefficient (Wildman–Crippen LogP) is -2.03. The van der Waals surface area contributed by atoms with E-state index in [1.165, 1.54) is 0 Å². The van der Waals surface area contributed by atoms with Crippen molar-refractivity contribution in [1.29, 1.82) is 0 Å². The molecular weight excluding hydrogens is 137 g/mol. The average molecular weight is 145 g/mol. The van der Waals surface area contributed by atoms with Crippen LogP contribution in [0.25, 0.3) is 0 Å². The zero-order chi connectivity index (χ0) is 7.21. The maximum absolute atomic E-state index is 8.88. The second kappa shape index (κ2) is 5.17. The van der Waals surface area contributed by atoms with E-state index in [9.17, 15) is 0 Å². The number of nitrogens with two attached hydrogens (primary N) is 1. The average Bonchev–Trinajstić information content (AvgIpc) is 1.27. The number of aliphatic hydroxyl groups excluding tert-OH is 1. The van der Waals surface area contributed by atoms with Crippen LogP contribution in [0.4, 0.5) is 0 Å². The van der Waals surface area contributed by atoms with Gasteiger partial charge in [0.05, 0.1) is 6.73 Å². The molecule has 0 aliphatic heterocycles. The Labute approximate surface area is 45.8 Å². The van der Waals surface area contributed by atoms with Crippen LogP contribution in [0.3, 0.4) is 0 Å². The largest absolute Gasteiger partial charge is 0.466 e. The first-order valence-electron chi connectivity index (χ1n) is 1.51. The summed E-state index contributed by atoms with van der Waals surface area (Å²) in [6, 6.07) is 0. The van der Waals surface area contributed by atoms with Crippen molar-refractivity contribution < 1.29 is 24.4 Å². The van der Waals surface area contributed by atoms with Crippen LogP contribution < -0.4 is 5.73 Å². The molecule has 8 heavy (non-hydrogen) atoms. The first-order valence-corrected chi connectivity index (χ1v) is 3.07. The molecule has 0 unspecified atom stereocenters. The Morgan fingerprint density at radius 1 is 1.38 bits per heavy atom. The molecular formula is CH8NO5P. The summed E-state index contributed by atoms with van der Waals surface area (Å²) in [4.78, 5) is 21.6. The topological polar surface area (TPSA) is 124 Å². The summed E-state index contributed by atoms with van der Waals surface area (Å²) in [6.45, 7) is -0.250. The lowest BCUT2D eigenvalue weighted by atomic mass is 11.4. The highest BCUT2D eigenvalue weighted by atomic mass is 31.2. The minimum Gasteiger partial charge on any atom is -0.382 e. The molecule has 0 aromatic rings. The van der Waals surface area contributed by atoms with Crippen LogP contribution in [0.1, 0.15) is 0 Å². The lowest BCUT2D eigenvalue weighted by Gasteiger charge is -1.82. The Bertz CT molecular complexity index is 68.2. The van der Waals surface area contributed by atoms with Crippen molar-refractivity contribution in [3.8, 4) is 0 Å². The molecule has 52 valence electrons. The van der Waals surface area contributed by atoms with Gasteiger partial charge in [-0.25, -0.2) is 4.57 Å². The third kappa shape index (κ3) is 170000. The molecule has 6 N–H and O–H groups in total. The van der Waals surface area contributed by atoms with Gasteiger partial charge in [0.1, 0.15) is 0 Å². The highest BCUT2D eigenvalue weighted by Gasteiger charge is 2.00. The van der Waals surface area contributed by atoms with E-state index < -0.39 is 7.82 Å². The van der Waals surface area contributed by atoms with Gasteiger partial charge in [0.25, 0.3) is 0 Å². The molecule has 0 amide bonds. The Morgan fingerprint density at radius 3 is 1.38 bits per heavy atom. The van der Waals surface area contributed by atoms with Gasteiger partial charge in [-0.15, -0.1) is 0 Å². The minimum absolute atomic E-state index is 0.250. The molecule has 0 rings (SSSR count). The molecule has 0 heterocycles. The van der Waals surface area contributed by atoms with Crippen LogP contribution in [0.2, 0.25) is 0 Å². The van der Waals surface area contributed by atoms with Gasteiger partial charge in [-0.05, 0) is 0 Å². The van der Waals surface area contributed by atoms with Gasteiger partial charge in [0, 0.05) is 0 Å². The van der Waals surface area contributed by atoms with Crippen molar-refractivity contribution in [2.75, 3.05) is 6.73 Å². The zero-order valence-corrected chi connectivity index (χ0v) is 4.82. The van der Waals surface area contributed by atoms with E-state index >= 15 is 0 Å². The molecule has 0 aromatic heterocycles. The highest BCUT2D eigenvalue weighted by Crippen LogP contribution is 2.25. The fourth-order valence-corrected chi connectivity index (χ4v) is 0. The van der Waals surface area contributed by atoms with Crippen molar-refractivity contribution in [3.63, 3.8) is 0 Å². The van der Waals surface area contributed by atoms with Gasteiger partial charge in [-0.1, -0.05) is 0 Å². The molecule has 0 bridgehead atoms. The first-order chi connectivity index (χ1) is 3.41. The zero-order valence-electron chi connectivity index (χ0n) is 3.93. The maximum atomic E-state index is 8.88. The van der Waals surface area contributed by atoms with Crippen LogP contribution >= 0.6 is 7.82 Å². The van der Waals surface area contributed by atoms with Crippen molar-refractivity contribution in [3.05, 3.63) is 0 Å². The molecule has 0 atom stereocenters. The van der Waals surface area contributed by atoms with E-state index in [0.29, 0.717) is 0 Å². The molecule has 0 fully saturated rings. The highest BCUT2D eigenvalue weighted by molar-refractivity contribution is 7.45. The van der Waals surface area contributed by atoms with E-state index in [1.54, 1.807) is 0 Å². The van der Waals surface area contributed by atoms with E-state index in [2.05, 4.69) is 5.73 Å². The number of hydrogen-bond acceptors (Lipinski definition) is 3. The molecule has 0 radical (unpaired) electrons. The van der Waals surface area contributed by atoms with Gasteiger partial charge < -0.3 is 25.5 Å². The van der Waals surface area contributed by atoms with Crippen LogP contribution in [0, 0.1) is 0 Å². The van der Waals surface area contributed by atoms with Crippen molar-refractivity contribution in [2.24, 2.45) is 5.73 Å². The summed E-state index contributed by atoms with van der Waals surface area (Å²) in [5, 5.41) is 7.35. The molecule has 6 nitrogen and oxygen atoms in total. The number of hydrogen-bond donors (Lipinski definition) is 5. The third-order valence-electron chi connectivity index (χ3n) is 0. The lowest BCUT2D eigenvalue weighted by molar-refractivity contribution is 0.275. The van der Waals surface area contributed by atoms with Gasteiger partial charge in [-0.3, -0.25) is 0 Å². The fraction of sp³-hybridized carbons (Fsp3) is 1.00. The normalized spacial score (nSPS) is 9.62. The number of rotatable bonds is 0. The van der Waals surface area contributed by atoms with Crippen molar-refractivity contribution in [2.45, 2.75) is 0 Å². The first kappa shape index (κ1) is 10.9. The van der Waals surface area contributed by atoms with E-state index in [4.69, 9.17) is 24.4 Å². The van der Waals surface area contributed by atoms with E-state index in [0.717, 1.165) is 0 Å². The molecule has 0 saturated carbocycles. The molecule has 0 spiro atoms. The summed E-state index contributed by atoms with van der Waals surface area (Å²) in [5.41, 5.74) is 4.40. The summed E-state index contributed by atoms with van der Waals surface area (Å²) < 4.78 is 8.88. The Morgan fingerprint density at radius 2 is 1.38 bits per heavy atom. The van der Waals surface area contributed by atoms with Crippen LogP contribution in [0.5, 0.6) is 0 Å². The second-order valence-electron chi connectivity index (χ2n) is 0.696. The van der Waals surface area contributed by atoms with Crippen LogP contribution in [-0.4, -0.2) is 26.5 Å². The Balaban J connectivity index is 0. The summed E-state index contributed by atoms with van der Waals surface area (Å²) in [7, 11) is -4.64. The van der Waals surface area contributed by atoms with Gasteiger partial charge in [-0.2, -0.15) is 0 Å². The van der Waals surface area contributed by atoms with Crippen molar-refractivity contribution >= 4 is 7.82 Å². The van der Waals surface area contributed by atoms with Gasteiger partial charge >= 0.3 is 7.82 Å². The van der Waals surface area contributed by atoms with Crippen LogP contribution in [0.15, 0.2) is 0 Å². The van der Waals surface area contributed by atoms with E-state index in [-0.39, 0.29) is 6.73 Å². The standard InChI is InChI=1S/CH5NO.H3O4P/c2-1-3;1-5(2,3)4/h3H,1-2H2;(H3,1,2,3,4). The SMILES string of the molecule is NCO.O=P(O)(O)O. The summed E-state index contributed by atoms with van der Waals surface area (Å²) in [6.07, 6.45) is 0. The monoisotopic (exact) mass is 145 g/mol. The Hall–Kier alpha value is 0.0300. The Kier molecular flexibility index (Phi) is 7.06. The fourth-order valence-electron chi connectivity index (χ4n) is 0. The number of phosphoric acid groups is 1. The smallest absolute Gasteiger partial charge is 0.382 e. The van der Waals surface area contributed by atoms with Crippen LogP contribution in [-0.2, 0) is 4.57 Å².